The summed E-state index contributed by atoms with van der Waals surface area (Å²) in [5, 5.41) is 0. The van der Waals surface area contributed by atoms with E-state index < -0.39 is 0 Å². The van der Waals surface area contributed by atoms with Crippen LogP contribution in [0.25, 0.3) is 11.1 Å². The van der Waals surface area contributed by atoms with Gasteiger partial charge in [-0.25, -0.2) is 0 Å². The molecule has 0 amide bonds. The molecule has 94 valence electrons. The molecule has 0 saturated carbocycles. The van der Waals surface area contributed by atoms with Gasteiger partial charge in [0.1, 0.15) is 0 Å². The number of rotatable bonds is 1. The Kier molecular flexibility index (Phi) is 3.25. The van der Waals surface area contributed by atoms with Crippen molar-refractivity contribution in [1.82, 2.24) is 4.98 Å². The fourth-order valence-corrected chi connectivity index (χ4v) is 2.12. The smallest absolute Gasteiger partial charge is 0.0460 e. The highest BCUT2D eigenvalue weighted by Gasteiger charge is 2.16. The van der Waals surface area contributed by atoms with Crippen LogP contribution in [-0.4, -0.2) is 4.98 Å². The van der Waals surface area contributed by atoms with E-state index in [-0.39, 0.29) is 5.41 Å². The highest BCUT2D eigenvalue weighted by molar-refractivity contribution is 5.69. The van der Waals surface area contributed by atoms with E-state index in [1.54, 1.807) is 0 Å². The van der Waals surface area contributed by atoms with Gasteiger partial charge >= 0.3 is 0 Å². The van der Waals surface area contributed by atoms with Crippen LogP contribution in [0.4, 0.5) is 0 Å². The average molecular weight is 239 g/mol. The van der Waals surface area contributed by atoms with E-state index in [1.807, 2.05) is 6.20 Å². The molecule has 18 heavy (non-hydrogen) atoms. The van der Waals surface area contributed by atoms with Crippen molar-refractivity contribution in [2.24, 2.45) is 0 Å². The number of hydrogen-bond donors (Lipinski definition) is 0. The van der Waals surface area contributed by atoms with Crippen LogP contribution in [0.3, 0.4) is 0 Å². The highest BCUT2D eigenvalue weighted by atomic mass is 14.7. The minimum absolute atomic E-state index is 0.106. The molecule has 0 bridgehead atoms. The van der Waals surface area contributed by atoms with Crippen LogP contribution in [0.1, 0.15) is 37.6 Å². The molecule has 0 unspecified atom stereocenters. The molecule has 1 heterocycles. The lowest BCUT2D eigenvalue weighted by Crippen LogP contribution is -2.13. The fraction of sp³-hybridized carbons (Fsp3) is 0.353. The zero-order valence-electron chi connectivity index (χ0n) is 11.9. The molecular formula is C17H21N. The molecule has 0 N–H and O–H groups in total. The van der Waals surface area contributed by atoms with Crippen LogP contribution in [0.2, 0.25) is 0 Å². The number of hydrogen-bond acceptors (Lipinski definition) is 1. The second kappa shape index (κ2) is 4.56. The van der Waals surface area contributed by atoms with Gasteiger partial charge in [0, 0.05) is 22.9 Å². The first-order chi connectivity index (χ1) is 8.39. The predicted molar refractivity (Wildman–Crippen MR) is 77.8 cm³/mol. The number of aryl methyl sites for hydroxylation is 2. The number of aromatic nitrogens is 1. The van der Waals surface area contributed by atoms with Crippen LogP contribution >= 0.6 is 0 Å². The largest absolute Gasteiger partial charge is 0.260 e. The van der Waals surface area contributed by atoms with Gasteiger partial charge in [0.15, 0.2) is 0 Å². The van der Waals surface area contributed by atoms with Crippen molar-refractivity contribution >= 4 is 0 Å². The lowest BCUT2D eigenvalue weighted by Gasteiger charge is -2.19. The van der Waals surface area contributed by atoms with Crippen molar-refractivity contribution in [3.8, 4) is 11.1 Å². The van der Waals surface area contributed by atoms with Crippen molar-refractivity contribution < 1.29 is 0 Å². The van der Waals surface area contributed by atoms with Gasteiger partial charge in [-0.05, 0) is 36.6 Å². The molecule has 0 radical (unpaired) electrons. The van der Waals surface area contributed by atoms with Crippen molar-refractivity contribution in [2.75, 3.05) is 0 Å². The molecule has 2 rings (SSSR count). The third kappa shape index (κ3) is 2.45. The summed E-state index contributed by atoms with van der Waals surface area (Å²) in [6.45, 7) is 10.9. The molecule has 0 fully saturated rings. The Morgan fingerprint density at radius 1 is 0.889 bits per heavy atom. The van der Waals surface area contributed by atoms with Gasteiger partial charge in [0.2, 0.25) is 0 Å². The first-order valence-electron chi connectivity index (χ1n) is 6.43. The molecule has 1 aromatic carbocycles. The molecule has 0 aliphatic carbocycles. The summed E-state index contributed by atoms with van der Waals surface area (Å²) in [5.41, 5.74) is 6.37. The maximum Gasteiger partial charge on any atom is 0.0460 e. The Morgan fingerprint density at radius 2 is 1.56 bits per heavy atom. The zero-order valence-corrected chi connectivity index (χ0v) is 11.9. The maximum atomic E-state index is 4.63. The molecular weight excluding hydrogens is 218 g/mol. The van der Waals surface area contributed by atoms with Gasteiger partial charge < -0.3 is 0 Å². The van der Waals surface area contributed by atoms with Crippen LogP contribution in [0, 0.1) is 13.8 Å². The molecule has 0 aliphatic rings. The Morgan fingerprint density at radius 3 is 2.11 bits per heavy atom. The predicted octanol–water partition coefficient (Wildman–Crippen LogP) is 4.66. The third-order valence-electron chi connectivity index (χ3n) is 3.31. The summed E-state index contributed by atoms with van der Waals surface area (Å²) >= 11 is 0. The highest BCUT2D eigenvalue weighted by Crippen LogP contribution is 2.29. The van der Waals surface area contributed by atoms with E-state index in [1.165, 1.54) is 22.3 Å². The van der Waals surface area contributed by atoms with Crippen LogP contribution in [0.5, 0.6) is 0 Å². The topological polar surface area (TPSA) is 12.9 Å². The molecule has 1 aromatic heterocycles. The second-order valence-electron chi connectivity index (χ2n) is 5.95. The van der Waals surface area contributed by atoms with E-state index >= 15 is 0 Å². The maximum absolute atomic E-state index is 4.63. The van der Waals surface area contributed by atoms with Crippen molar-refractivity contribution in [3.05, 3.63) is 53.3 Å². The summed E-state index contributed by atoms with van der Waals surface area (Å²) in [6.07, 6.45) is 2.01. The SMILES string of the molecule is Cc1ccccc1-c1cnc(C(C)(C)C)cc1C. The van der Waals surface area contributed by atoms with Crippen LogP contribution < -0.4 is 0 Å². The van der Waals surface area contributed by atoms with Gasteiger partial charge in [-0.2, -0.15) is 0 Å². The third-order valence-corrected chi connectivity index (χ3v) is 3.31. The Labute approximate surface area is 110 Å². The minimum Gasteiger partial charge on any atom is -0.260 e. The lowest BCUT2D eigenvalue weighted by molar-refractivity contribution is 0.568. The number of nitrogens with zero attached hydrogens (tertiary/aromatic N) is 1. The van der Waals surface area contributed by atoms with Gasteiger partial charge in [0.05, 0.1) is 0 Å². The van der Waals surface area contributed by atoms with E-state index in [0.717, 1.165) is 5.69 Å². The molecule has 1 heteroatoms. The van der Waals surface area contributed by atoms with E-state index in [0.29, 0.717) is 0 Å². The Balaban J connectivity index is 2.52. The van der Waals surface area contributed by atoms with Gasteiger partial charge in [-0.15, -0.1) is 0 Å². The summed E-state index contributed by atoms with van der Waals surface area (Å²) in [4.78, 5) is 4.63. The Hall–Kier alpha value is -1.63. The first-order valence-corrected chi connectivity index (χ1v) is 6.43. The molecule has 1 nitrogen and oxygen atoms in total. The Bertz CT molecular complexity index is 562. The normalized spacial score (nSPS) is 11.6. The van der Waals surface area contributed by atoms with Gasteiger partial charge in [-0.3, -0.25) is 4.98 Å². The van der Waals surface area contributed by atoms with Crippen LogP contribution in [-0.2, 0) is 5.41 Å². The van der Waals surface area contributed by atoms with E-state index in [2.05, 4.69) is 69.9 Å². The van der Waals surface area contributed by atoms with Crippen molar-refractivity contribution in [3.63, 3.8) is 0 Å². The fourth-order valence-electron chi connectivity index (χ4n) is 2.12. The molecule has 0 aliphatic heterocycles. The van der Waals surface area contributed by atoms with E-state index in [9.17, 15) is 0 Å². The number of pyridine rings is 1. The van der Waals surface area contributed by atoms with Gasteiger partial charge in [-0.1, -0.05) is 45.0 Å². The zero-order chi connectivity index (χ0) is 13.3. The average Bonchev–Trinajstić information content (AvgIpc) is 2.29. The lowest BCUT2D eigenvalue weighted by atomic mass is 9.89. The summed E-state index contributed by atoms with van der Waals surface area (Å²) in [7, 11) is 0. The summed E-state index contributed by atoms with van der Waals surface area (Å²) < 4.78 is 0. The van der Waals surface area contributed by atoms with Crippen LogP contribution in [0.15, 0.2) is 36.5 Å². The minimum atomic E-state index is 0.106. The first kappa shape index (κ1) is 12.8. The van der Waals surface area contributed by atoms with Crippen molar-refractivity contribution in [1.29, 1.82) is 0 Å². The second-order valence-corrected chi connectivity index (χ2v) is 5.95. The molecule has 0 spiro atoms. The molecule has 0 atom stereocenters. The summed E-state index contributed by atoms with van der Waals surface area (Å²) in [6, 6.07) is 10.7. The molecule has 2 aromatic rings. The molecule has 0 saturated heterocycles. The number of benzene rings is 1. The van der Waals surface area contributed by atoms with Crippen molar-refractivity contribution in [2.45, 2.75) is 40.0 Å². The monoisotopic (exact) mass is 239 g/mol. The van der Waals surface area contributed by atoms with Gasteiger partial charge in [0.25, 0.3) is 0 Å². The standard InChI is InChI=1S/C17H21N/c1-12-8-6-7-9-14(12)15-11-18-16(10-13(15)2)17(3,4)5/h6-11H,1-5H3. The summed E-state index contributed by atoms with van der Waals surface area (Å²) in [5.74, 6) is 0. The van der Waals surface area contributed by atoms with E-state index in [4.69, 9.17) is 0 Å². The quantitative estimate of drug-likeness (QED) is 0.705.